The lowest BCUT2D eigenvalue weighted by Gasteiger charge is -2.16. The Morgan fingerprint density at radius 2 is 1.93 bits per heavy atom. The van der Waals surface area contributed by atoms with Gasteiger partial charge in [-0.15, -0.1) is 0 Å². The summed E-state index contributed by atoms with van der Waals surface area (Å²) in [5.41, 5.74) is -0.343. The average Bonchev–Trinajstić information content (AvgIpc) is 2.91. The molecule has 1 heterocycles. The van der Waals surface area contributed by atoms with Crippen LogP contribution in [0.2, 0.25) is 5.02 Å². The van der Waals surface area contributed by atoms with Crippen LogP contribution < -0.4 is 10.6 Å². The molecule has 3 rings (SSSR count). The molecule has 2 aromatic carbocycles. The molecule has 0 spiro atoms. The number of phenols is 2. The number of benzene rings is 2. The Morgan fingerprint density at radius 3 is 2.60 bits per heavy atom. The van der Waals surface area contributed by atoms with E-state index in [-0.39, 0.29) is 17.2 Å². The third-order valence-corrected chi connectivity index (χ3v) is 4.26. The lowest BCUT2D eigenvalue weighted by molar-refractivity contribution is -0.385. The Bertz CT molecular complexity index is 1130. The molecule has 12 heteroatoms. The highest BCUT2D eigenvalue weighted by atomic mass is 35.5. The first kappa shape index (κ1) is 20.6. The number of likely N-dealkylation sites (N-methyl/N-ethyl adjacent to an activating group) is 1. The van der Waals surface area contributed by atoms with E-state index in [0.29, 0.717) is 10.7 Å². The summed E-state index contributed by atoms with van der Waals surface area (Å²) in [5, 5.41) is 35.7. The molecule has 0 bridgehead atoms. The number of hydrogen-bond acceptors (Lipinski definition) is 7. The van der Waals surface area contributed by atoms with Crippen LogP contribution in [0.5, 0.6) is 11.5 Å². The first-order chi connectivity index (χ1) is 14.2. The van der Waals surface area contributed by atoms with Gasteiger partial charge in [0.25, 0.3) is 11.6 Å². The van der Waals surface area contributed by atoms with Crippen molar-refractivity contribution < 1.29 is 24.7 Å². The van der Waals surface area contributed by atoms with E-state index in [1.807, 2.05) is 0 Å². The van der Waals surface area contributed by atoms with Gasteiger partial charge in [-0.25, -0.2) is 4.79 Å². The van der Waals surface area contributed by atoms with E-state index in [0.717, 1.165) is 18.2 Å². The Labute approximate surface area is 174 Å². The summed E-state index contributed by atoms with van der Waals surface area (Å²) < 4.78 is 0. The smallest absolute Gasteiger partial charge is 0.326 e. The Morgan fingerprint density at radius 1 is 1.23 bits per heavy atom. The number of carbonyl (C=O) groups excluding carboxylic acids is 2. The van der Waals surface area contributed by atoms with Gasteiger partial charge in [0.1, 0.15) is 5.70 Å². The molecule has 0 unspecified atom stereocenters. The van der Waals surface area contributed by atoms with E-state index in [1.165, 1.54) is 18.0 Å². The van der Waals surface area contributed by atoms with Gasteiger partial charge in [-0.2, -0.15) is 4.99 Å². The summed E-state index contributed by atoms with van der Waals surface area (Å²) in [7, 11) is 1.42. The van der Waals surface area contributed by atoms with E-state index in [4.69, 9.17) is 11.6 Å². The standard InChI is InChI=1S/C18H14ClN5O6/c1-23-13(5-9-6-14(25)15(26)8-12(9)24(29)30)16(27)21-17(23)22-18(28)20-11-4-2-3-10(19)7-11/h2-8,25-26H,1H3,(H2,20,21,22,27,28)/b13-5-. The van der Waals surface area contributed by atoms with Crippen LogP contribution in [0, 0.1) is 10.1 Å². The number of aromatic hydroxyl groups is 2. The monoisotopic (exact) mass is 431 g/mol. The zero-order valence-electron chi connectivity index (χ0n) is 15.3. The Balaban J connectivity index is 1.81. The molecule has 0 saturated carbocycles. The van der Waals surface area contributed by atoms with Gasteiger partial charge < -0.3 is 20.4 Å². The van der Waals surface area contributed by atoms with Crippen LogP contribution >= 0.6 is 11.6 Å². The van der Waals surface area contributed by atoms with E-state index in [1.54, 1.807) is 18.2 Å². The third kappa shape index (κ3) is 4.31. The molecule has 0 saturated heterocycles. The molecule has 0 atom stereocenters. The van der Waals surface area contributed by atoms with Gasteiger partial charge in [-0.3, -0.25) is 20.2 Å². The summed E-state index contributed by atoms with van der Waals surface area (Å²) in [5.74, 6) is -2.15. The first-order valence-electron chi connectivity index (χ1n) is 8.28. The van der Waals surface area contributed by atoms with Gasteiger partial charge in [0, 0.05) is 17.8 Å². The van der Waals surface area contributed by atoms with Gasteiger partial charge in [-0.05, 0) is 30.3 Å². The Hall–Kier alpha value is -4.12. The number of nitrogens with one attached hydrogen (secondary N) is 2. The maximum atomic E-state index is 12.2. The minimum Gasteiger partial charge on any atom is -0.504 e. The number of anilines is 1. The summed E-state index contributed by atoms with van der Waals surface area (Å²) >= 11 is 5.86. The number of guanidine groups is 1. The summed E-state index contributed by atoms with van der Waals surface area (Å²) in [6.07, 6.45) is 1.12. The molecule has 4 N–H and O–H groups in total. The van der Waals surface area contributed by atoms with Crippen molar-refractivity contribution in [3.8, 4) is 11.5 Å². The van der Waals surface area contributed by atoms with Crippen LogP contribution in [-0.2, 0) is 4.79 Å². The third-order valence-electron chi connectivity index (χ3n) is 4.03. The molecule has 1 aliphatic rings. The topological polar surface area (TPSA) is 157 Å². The number of nitrogens with zero attached hydrogens (tertiary/aromatic N) is 3. The molecule has 0 fully saturated rings. The fourth-order valence-electron chi connectivity index (χ4n) is 2.59. The van der Waals surface area contributed by atoms with Crippen molar-refractivity contribution in [1.82, 2.24) is 10.2 Å². The summed E-state index contributed by atoms with van der Waals surface area (Å²) in [4.78, 5) is 39.8. The SMILES string of the molecule is CN1C(NC(=O)Nc2cccc(Cl)c2)=NC(=O)/C1=C/c1cc(O)c(O)cc1[N+](=O)[O-]. The van der Waals surface area contributed by atoms with Crippen LogP contribution in [0.3, 0.4) is 0 Å². The molecule has 1 aliphatic heterocycles. The van der Waals surface area contributed by atoms with Crippen molar-refractivity contribution in [2.75, 3.05) is 12.4 Å². The van der Waals surface area contributed by atoms with Gasteiger partial charge in [-0.1, -0.05) is 17.7 Å². The zero-order valence-corrected chi connectivity index (χ0v) is 16.0. The van der Waals surface area contributed by atoms with Gasteiger partial charge in [0.05, 0.1) is 16.6 Å². The first-order valence-corrected chi connectivity index (χ1v) is 8.66. The zero-order chi connectivity index (χ0) is 22.0. The second kappa shape index (κ2) is 8.09. The number of halogens is 1. The molecule has 0 radical (unpaired) electrons. The predicted octanol–water partition coefficient (Wildman–Crippen LogP) is 2.65. The van der Waals surface area contributed by atoms with Gasteiger partial charge in [0.15, 0.2) is 11.5 Å². The van der Waals surface area contributed by atoms with Gasteiger partial charge in [0.2, 0.25) is 5.96 Å². The highest BCUT2D eigenvalue weighted by Crippen LogP contribution is 2.34. The quantitative estimate of drug-likeness (QED) is 0.251. The predicted molar refractivity (Wildman–Crippen MR) is 108 cm³/mol. The van der Waals surface area contributed by atoms with E-state index in [9.17, 15) is 29.9 Å². The molecule has 0 aromatic heterocycles. The minimum atomic E-state index is -0.774. The molecule has 11 nitrogen and oxygen atoms in total. The normalized spacial score (nSPS) is 14.6. The van der Waals surface area contributed by atoms with Crippen molar-refractivity contribution in [1.29, 1.82) is 0 Å². The van der Waals surface area contributed by atoms with E-state index < -0.39 is 34.0 Å². The van der Waals surface area contributed by atoms with Crippen LogP contribution in [0.15, 0.2) is 47.1 Å². The largest absolute Gasteiger partial charge is 0.504 e. The lowest BCUT2D eigenvalue weighted by Crippen LogP contribution is -2.41. The highest BCUT2D eigenvalue weighted by Gasteiger charge is 2.29. The molecule has 154 valence electrons. The van der Waals surface area contributed by atoms with Crippen molar-refractivity contribution in [3.63, 3.8) is 0 Å². The van der Waals surface area contributed by atoms with Crippen LogP contribution in [0.1, 0.15) is 5.56 Å². The number of nitro benzene ring substituents is 1. The minimum absolute atomic E-state index is 0.0961. The fourth-order valence-corrected chi connectivity index (χ4v) is 2.78. The van der Waals surface area contributed by atoms with E-state index in [2.05, 4.69) is 15.6 Å². The molecule has 3 amide bonds. The molecular weight excluding hydrogens is 418 g/mol. The van der Waals surface area contributed by atoms with Crippen molar-refractivity contribution in [3.05, 3.63) is 62.8 Å². The van der Waals surface area contributed by atoms with Crippen LogP contribution in [-0.4, -0.2) is 45.0 Å². The number of amides is 3. The summed E-state index contributed by atoms with van der Waals surface area (Å²) in [6.45, 7) is 0. The van der Waals surface area contributed by atoms with E-state index >= 15 is 0 Å². The van der Waals surface area contributed by atoms with Crippen molar-refractivity contribution in [2.45, 2.75) is 0 Å². The maximum Gasteiger partial charge on any atom is 0.326 e. The van der Waals surface area contributed by atoms with Crippen molar-refractivity contribution >= 4 is 46.9 Å². The molecular formula is C18H14ClN5O6. The number of hydrogen-bond donors (Lipinski definition) is 4. The lowest BCUT2D eigenvalue weighted by atomic mass is 10.1. The average molecular weight is 432 g/mol. The maximum absolute atomic E-state index is 12.2. The van der Waals surface area contributed by atoms with Crippen LogP contribution in [0.4, 0.5) is 16.2 Å². The van der Waals surface area contributed by atoms with Crippen LogP contribution in [0.25, 0.3) is 6.08 Å². The fraction of sp³-hybridized carbons (Fsp3) is 0.0556. The summed E-state index contributed by atoms with van der Waals surface area (Å²) in [6, 6.07) is 7.42. The second-order valence-corrected chi connectivity index (χ2v) is 6.51. The number of aliphatic imine (C=N–C) groups is 1. The van der Waals surface area contributed by atoms with Gasteiger partial charge >= 0.3 is 6.03 Å². The molecule has 2 aromatic rings. The van der Waals surface area contributed by atoms with Crippen molar-refractivity contribution in [2.24, 2.45) is 4.99 Å². The molecule has 30 heavy (non-hydrogen) atoms. The second-order valence-electron chi connectivity index (χ2n) is 6.08. The number of phenolic OH excluding ortho intramolecular Hbond substituents is 2. The molecule has 0 aliphatic carbocycles. The number of rotatable bonds is 3. The Kier molecular flexibility index (Phi) is 5.56. The highest BCUT2D eigenvalue weighted by molar-refractivity contribution is 6.31. The number of carbonyl (C=O) groups is 2. The number of urea groups is 1. The number of nitro groups is 1.